The van der Waals surface area contributed by atoms with E-state index in [-0.39, 0.29) is 0 Å². The van der Waals surface area contributed by atoms with Crippen molar-refractivity contribution in [2.45, 2.75) is 18.6 Å². The second-order valence-electron chi connectivity index (χ2n) is 3.58. The first kappa shape index (κ1) is 11.9. The zero-order chi connectivity index (χ0) is 11.3. The van der Waals surface area contributed by atoms with Gasteiger partial charge < -0.3 is 5.11 Å². The Kier molecular flexibility index (Phi) is 4.00. The third-order valence-corrected chi connectivity index (χ3v) is 2.77. The zero-order valence-corrected chi connectivity index (χ0v) is 9.19. The molecule has 0 radical (unpaired) electrons. The number of hydrogen-bond donors (Lipinski definition) is 1. The van der Waals surface area contributed by atoms with E-state index in [2.05, 4.69) is 18.1 Å². The number of aromatic nitrogens is 1. The first-order chi connectivity index (χ1) is 7.23. The maximum atomic E-state index is 10.3. The van der Waals surface area contributed by atoms with Crippen LogP contribution in [0.25, 0.3) is 0 Å². The molecule has 0 amide bonds. The lowest BCUT2D eigenvalue weighted by atomic mass is 10.0. The van der Waals surface area contributed by atoms with Crippen LogP contribution in [-0.4, -0.2) is 28.6 Å². The van der Waals surface area contributed by atoms with Crippen LogP contribution < -0.4 is 0 Å². The maximum absolute atomic E-state index is 10.3. The van der Waals surface area contributed by atoms with Gasteiger partial charge in [-0.3, -0.25) is 9.88 Å². The van der Waals surface area contributed by atoms with Gasteiger partial charge in [0, 0.05) is 24.5 Å². The highest BCUT2D eigenvalue weighted by Gasteiger charge is 2.38. The molecule has 1 aliphatic rings. The van der Waals surface area contributed by atoms with E-state index in [0.29, 0.717) is 0 Å². The van der Waals surface area contributed by atoms with Gasteiger partial charge in [0.15, 0.2) is 0 Å². The smallest absolute Gasteiger partial charge is 0.145 e. The minimum atomic E-state index is -0.783. The summed E-state index contributed by atoms with van der Waals surface area (Å²) in [6, 6.07) is 3.79. The van der Waals surface area contributed by atoms with Crippen molar-refractivity contribution in [1.29, 1.82) is 0 Å². The first-order valence-electron chi connectivity index (χ1n) is 5.07. The summed E-state index contributed by atoms with van der Waals surface area (Å²) < 4.78 is 0. The van der Waals surface area contributed by atoms with Crippen molar-refractivity contribution in [2.75, 3.05) is 13.6 Å². The van der Waals surface area contributed by atoms with E-state index in [9.17, 15) is 5.11 Å². The highest BCUT2D eigenvalue weighted by Crippen LogP contribution is 2.34. The van der Waals surface area contributed by atoms with Gasteiger partial charge in [-0.2, -0.15) is 0 Å². The van der Waals surface area contributed by atoms with Crippen molar-refractivity contribution in [3.05, 3.63) is 43.2 Å². The molecule has 1 aromatic heterocycles. The molecule has 2 heterocycles. The monoisotopic (exact) mass is 206 g/mol. The van der Waals surface area contributed by atoms with Gasteiger partial charge in [-0.25, -0.2) is 0 Å². The number of likely N-dealkylation sites (tertiary alicyclic amines) is 1. The molecule has 2 rings (SSSR count). The molecule has 0 saturated carbocycles. The van der Waals surface area contributed by atoms with Gasteiger partial charge in [0.1, 0.15) is 5.72 Å². The van der Waals surface area contributed by atoms with Gasteiger partial charge in [-0.15, -0.1) is 13.2 Å². The fourth-order valence-corrected chi connectivity index (χ4v) is 1.90. The predicted molar refractivity (Wildman–Crippen MR) is 61.3 cm³/mol. The van der Waals surface area contributed by atoms with Gasteiger partial charge in [0.05, 0.1) is 0 Å². The van der Waals surface area contributed by atoms with E-state index in [1.165, 1.54) is 0 Å². The summed E-state index contributed by atoms with van der Waals surface area (Å²) in [5, 5.41) is 10.3. The molecule has 1 aromatic rings. The van der Waals surface area contributed by atoms with Crippen molar-refractivity contribution >= 4 is 0 Å². The molecule has 3 heteroatoms. The summed E-state index contributed by atoms with van der Waals surface area (Å²) in [5.74, 6) is 0. The average Bonchev–Trinajstić information content (AvgIpc) is 2.65. The molecule has 1 aliphatic heterocycles. The van der Waals surface area contributed by atoms with E-state index >= 15 is 0 Å². The Morgan fingerprint density at radius 3 is 2.73 bits per heavy atom. The van der Waals surface area contributed by atoms with Crippen LogP contribution >= 0.6 is 0 Å². The average molecular weight is 206 g/mol. The molecular weight excluding hydrogens is 188 g/mol. The Morgan fingerprint density at radius 1 is 1.53 bits per heavy atom. The molecule has 1 saturated heterocycles. The third kappa shape index (κ3) is 2.25. The standard InChI is InChI=1S/C10H14N2O.C2H4/c1-12-7-3-5-10(12,13)9-4-2-6-11-8-9;1-2/h2,4,6,8,13H,3,5,7H2,1H3;1-2H2. The Bertz CT molecular complexity index is 302. The van der Waals surface area contributed by atoms with Gasteiger partial charge in [-0.05, 0) is 26.0 Å². The van der Waals surface area contributed by atoms with E-state index in [0.717, 1.165) is 24.9 Å². The van der Waals surface area contributed by atoms with Crippen LogP contribution in [0.4, 0.5) is 0 Å². The molecule has 1 unspecified atom stereocenters. The van der Waals surface area contributed by atoms with Crippen molar-refractivity contribution < 1.29 is 5.11 Å². The normalized spacial score (nSPS) is 25.7. The van der Waals surface area contributed by atoms with Crippen LogP contribution in [0, 0.1) is 0 Å². The number of hydrogen-bond acceptors (Lipinski definition) is 3. The highest BCUT2D eigenvalue weighted by molar-refractivity contribution is 5.18. The lowest BCUT2D eigenvalue weighted by Crippen LogP contribution is -2.38. The Morgan fingerprint density at radius 2 is 2.27 bits per heavy atom. The summed E-state index contributed by atoms with van der Waals surface area (Å²) in [7, 11) is 1.94. The first-order valence-corrected chi connectivity index (χ1v) is 5.07. The van der Waals surface area contributed by atoms with Gasteiger partial charge in [-0.1, -0.05) is 6.07 Å². The van der Waals surface area contributed by atoms with E-state index < -0.39 is 5.72 Å². The SMILES string of the molecule is C=C.CN1CCCC1(O)c1cccnc1. The molecule has 1 N–H and O–H groups in total. The molecule has 0 bridgehead atoms. The summed E-state index contributed by atoms with van der Waals surface area (Å²) in [4.78, 5) is 6.00. The fourth-order valence-electron chi connectivity index (χ4n) is 1.90. The van der Waals surface area contributed by atoms with Crippen molar-refractivity contribution in [1.82, 2.24) is 9.88 Å². The maximum Gasteiger partial charge on any atom is 0.145 e. The Labute approximate surface area is 91.1 Å². The number of rotatable bonds is 1. The molecule has 0 spiro atoms. The van der Waals surface area contributed by atoms with Crippen LogP contribution in [-0.2, 0) is 5.72 Å². The number of pyridine rings is 1. The third-order valence-electron chi connectivity index (χ3n) is 2.77. The summed E-state index contributed by atoms with van der Waals surface area (Å²) in [6.07, 6.45) is 5.31. The van der Waals surface area contributed by atoms with Crippen LogP contribution in [0.3, 0.4) is 0 Å². The van der Waals surface area contributed by atoms with Crippen LogP contribution in [0.1, 0.15) is 18.4 Å². The van der Waals surface area contributed by atoms with Crippen molar-refractivity contribution in [3.63, 3.8) is 0 Å². The van der Waals surface area contributed by atoms with Crippen molar-refractivity contribution in [2.24, 2.45) is 0 Å². The Balaban J connectivity index is 0.000000531. The van der Waals surface area contributed by atoms with Crippen molar-refractivity contribution in [3.8, 4) is 0 Å². The minimum absolute atomic E-state index is 0.783. The minimum Gasteiger partial charge on any atom is -0.371 e. The van der Waals surface area contributed by atoms with Gasteiger partial charge >= 0.3 is 0 Å². The molecule has 82 valence electrons. The summed E-state index contributed by atoms with van der Waals surface area (Å²) in [5.41, 5.74) is 0.115. The largest absolute Gasteiger partial charge is 0.371 e. The zero-order valence-electron chi connectivity index (χ0n) is 9.19. The quantitative estimate of drug-likeness (QED) is 0.711. The number of aliphatic hydroxyl groups is 1. The Hall–Kier alpha value is -1.19. The summed E-state index contributed by atoms with van der Waals surface area (Å²) in [6.45, 7) is 6.95. The molecule has 1 fully saturated rings. The topological polar surface area (TPSA) is 36.4 Å². The molecule has 0 aromatic carbocycles. The number of nitrogens with zero attached hydrogens (tertiary/aromatic N) is 2. The second kappa shape index (κ2) is 5.05. The molecular formula is C12H18N2O. The molecule has 15 heavy (non-hydrogen) atoms. The van der Waals surface area contributed by atoms with E-state index in [1.54, 1.807) is 12.4 Å². The summed E-state index contributed by atoms with van der Waals surface area (Å²) >= 11 is 0. The lowest BCUT2D eigenvalue weighted by molar-refractivity contribution is -0.0738. The molecule has 0 aliphatic carbocycles. The molecule has 3 nitrogen and oxygen atoms in total. The fraction of sp³-hybridized carbons (Fsp3) is 0.417. The van der Waals surface area contributed by atoms with Gasteiger partial charge in [0.2, 0.25) is 0 Å². The van der Waals surface area contributed by atoms with Crippen LogP contribution in [0.15, 0.2) is 37.7 Å². The van der Waals surface area contributed by atoms with Crippen LogP contribution in [0.5, 0.6) is 0 Å². The predicted octanol–water partition coefficient (Wildman–Crippen LogP) is 1.75. The lowest BCUT2D eigenvalue weighted by Gasteiger charge is -2.30. The molecule has 1 atom stereocenters. The van der Waals surface area contributed by atoms with E-state index in [1.807, 2.05) is 24.1 Å². The second-order valence-corrected chi connectivity index (χ2v) is 3.58. The van der Waals surface area contributed by atoms with Gasteiger partial charge in [0.25, 0.3) is 0 Å². The highest BCUT2D eigenvalue weighted by atomic mass is 16.3. The van der Waals surface area contributed by atoms with E-state index in [4.69, 9.17) is 0 Å². The van der Waals surface area contributed by atoms with Crippen LogP contribution in [0.2, 0.25) is 0 Å².